The number of thioether (sulfide) groups is 2. The third-order valence-electron chi connectivity index (χ3n) is 4.95. The molecule has 1 aromatic carbocycles. The molecule has 1 aromatic heterocycles. The normalized spacial score (nSPS) is 18.9. The van der Waals surface area contributed by atoms with E-state index < -0.39 is 10.0 Å². The van der Waals surface area contributed by atoms with Crippen molar-refractivity contribution in [2.45, 2.75) is 43.4 Å². The number of nitrogens with zero attached hydrogens (tertiary/aromatic N) is 4. The summed E-state index contributed by atoms with van der Waals surface area (Å²) in [6.07, 6.45) is 2.99. The summed E-state index contributed by atoms with van der Waals surface area (Å²) in [5, 5.41) is 0. The molecule has 0 unspecified atom stereocenters. The van der Waals surface area contributed by atoms with Crippen LogP contribution in [0.4, 0.5) is 0 Å². The third-order valence-corrected chi connectivity index (χ3v) is 9.09. The Hall–Kier alpha value is -1.03. The van der Waals surface area contributed by atoms with E-state index in [4.69, 9.17) is 4.98 Å². The van der Waals surface area contributed by atoms with E-state index >= 15 is 0 Å². The average Bonchev–Trinajstić information content (AvgIpc) is 3.33. The van der Waals surface area contributed by atoms with Crippen LogP contribution >= 0.6 is 23.5 Å². The fraction of sp³-hybridized carbons (Fsp3) is 0.556. The molecule has 1 fully saturated rings. The van der Waals surface area contributed by atoms with Crippen molar-refractivity contribution < 1.29 is 8.42 Å². The second-order valence-corrected chi connectivity index (χ2v) is 10.9. The Morgan fingerprint density at radius 2 is 2.04 bits per heavy atom. The standard InChI is InChI=1S/C18H24N4O2S3/c1-2-22-16-7-6-14(27(23,24)21-9-4-3-5-10-21)12-15(16)20-17(22)13-26-18-19-8-11-25-18/h6-7,12H,2-5,8-11,13H2,1H3. The SMILES string of the molecule is CCn1c(CSC2=NCCS2)nc2cc(S(=O)(=O)N3CCCCC3)ccc21. The zero-order valence-corrected chi connectivity index (χ0v) is 17.9. The molecule has 6 nitrogen and oxygen atoms in total. The minimum Gasteiger partial charge on any atom is -0.328 e. The zero-order valence-electron chi connectivity index (χ0n) is 15.4. The first-order valence-corrected chi connectivity index (χ1v) is 12.8. The number of aromatic nitrogens is 2. The van der Waals surface area contributed by atoms with E-state index in [0.717, 1.165) is 65.1 Å². The summed E-state index contributed by atoms with van der Waals surface area (Å²) in [6.45, 7) is 5.03. The molecular weight excluding hydrogens is 400 g/mol. The van der Waals surface area contributed by atoms with E-state index in [2.05, 4.69) is 16.5 Å². The van der Waals surface area contributed by atoms with Crippen LogP contribution in [0.25, 0.3) is 11.0 Å². The van der Waals surface area contributed by atoms with Gasteiger partial charge in [-0.3, -0.25) is 4.99 Å². The van der Waals surface area contributed by atoms with Gasteiger partial charge in [0.05, 0.1) is 28.2 Å². The Bertz CT molecular complexity index is 962. The lowest BCUT2D eigenvalue weighted by Crippen LogP contribution is -2.35. The van der Waals surface area contributed by atoms with Crippen molar-refractivity contribution in [2.24, 2.45) is 4.99 Å². The number of imidazole rings is 1. The molecule has 0 spiro atoms. The topological polar surface area (TPSA) is 67.6 Å². The van der Waals surface area contributed by atoms with Gasteiger partial charge in [0, 0.05) is 25.4 Å². The number of aryl methyl sites for hydroxylation is 1. The summed E-state index contributed by atoms with van der Waals surface area (Å²) in [5.74, 6) is 2.78. The molecule has 1 saturated heterocycles. The highest BCUT2D eigenvalue weighted by Crippen LogP contribution is 2.28. The van der Waals surface area contributed by atoms with E-state index in [1.807, 2.05) is 6.07 Å². The van der Waals surface area contributed by atoms with Gasteiger partial charge in [0.2, 0.25) is 10.0 Å². The smallest absolute Gasteiger partial charge is 0.243 e. The fourth-order valence-electron chi connectivity index (χ4n) is 3.57. The van der Waals surface area contributed by atoms with Crippen molar-refractivity contribution >= 4 is 49.0 Å². The molecule has 0 bridgehead atoms. The summed E-state index contributed by atoms with van der Waals surface area (Å²) in [7, 11) is -3.43. The zero-order chi connectivity index (χ0) is 18.9. The number of sulfonamides is 1. The van der Waals surface area contributed by atoms with Gasteiger partial charge >= 0.3 is 0 Å². The first-order valence-electron chi connectivity index (χ1n) is 9.39. The van der Waals surface area contributed by atoms with Gasteiger partial charge in [-0.1, -0.05) is 29.9 Å². The monoisotopic (exact) mass is 424 g/mol. The van der Waals surface area contributed by atoms with Gasteiger partial charge < -0.3 is 4.57 Å². The number of piperidine rings is 1. The number of fused-ring (bicyclic) bond motifs is 1. The molecular formula is C18H24N4O2S3. The van der Waals surface area contributed by atoms with Crippen molar-refractivity contribution in [2.75, 3.05) is 25.4 Å². The molecule has 27 heavy (non-hydrogen) atoms. The van der Waals surface area contributed by atoms with Crippen LogP contribution in [0.5, 0.6) is 0 Å². The second kappa shape index (κ2) is 8.14. The summed E-state index contributed by atoms with van der Waals surface area (Å²) >= 11 is 3.51. The minimum atomic E-state index is -3.43. The van der Waals surface area contributed by atoms with E-state index in [-0.39, 0.29) is 0 Å². The van der Waals surface area contributed by atoms with Crippen LogP contribution in [0.3, 0.4) is 0 Å². The van der Waals surface area contributed by atoms with Gasteiger partial charge in [-0.25, -0.2) is 13.4 Å². The highest BCUT2D eigenvalue weighted by atomic mass is 32.2. The van der Waals surface area contributed by atoms with Crippen LogP contribution in [0.2, 0.25) is 0 Å². The Labute approximate surface area is 168 Å². The maximum atomic E-state index is 13.0. The van der Waals surface area contributed by atoms with Gasteiger partial charge in [0.1, 0.15) is 10.2 Å². The number of hydrogen-bond acceptors (Lipinski definition) is 6. The maximum Gasteiger partial charge on any atom is 0.243 e. The van der Waals surface area contributed by atoms with Gasteiger partial charge in [0.25, 0.3) is 0 Å². The molecule has 0 amide bonds. The maximum absolute atomic E-state index is 13.0. The van der Waals surface area contributed by atoms with Crippen molar-refractivity contribution in [3.8, 4) is 0 Å². The largest absolute Gasteiger partial charge is 0.328 e. The summed E-state index contributed by atoms with van der Waals surface area (Å²) in [4.78, 5) is 9.59. The highest BCUT2D eigenvalue weighted by molar-refractivity contribution is 8.38. The lowest BCUT2D eigenvalue weighted by atomic mass is 10.2. The molecule has 4 rings (SSSR count). The average molecular weight is 425 g/mol. The van der Waals surface area contributed by atoms with Gasteiger partial charge in [-0.2, -0.15) is 4.31 Å². The molecule has 146 valence electrons. The van der Waals surface area contributed by atoms with Gasteiger partial charge in [-0.05, 0) is 38.0 Å². The molecule has 0 aliphatic carbocycles. The van der Waals surface area contributed by atoms with Gasteiger partial charge in [0.15, 0.2) is 0 Å². The molecule has 9 heteroatoms. The van der Waals surface area contributed by atoms with E-state index in [1.54, 1.807) is 40.0 Å². The molecule has 0 N–H and O–H groups in total. The molecule has 3 heterocycles. The number of rotatable bonds is 5. The fourth-order valence-corrected chi connectivity index (χ4v) is 7.06. The van der Waals surface area contributed by atoms with Crippen molar-refractivity contribution in [3.63, 3.8) is 0 Å². The number of aliphatic imine (C=N–C) groups is 1. The summed E-state index contributed by atoms with van der Waals surface area (Å²) in [6, 6.07) is 5.37. The predicted molar refractivity (Wildman–Crippen MR) is 114 cm³/mol. The molecule has 2 aromatic rings. The molecule has 0 saturated carbocycles. The van der Waals surface area contributed by atoms with Crippen molar-refractivity contribution in [3.05, 3.63) is 24.0 Å². The first-order chi connectivity index (χ1) is 13.1. The Morgan fingerprint density at radius 1 is 1.22 bits per heavy atom. The van der Waals surface area contributed by atoms with E-state index in [1.165, 1.54) is 0 Å². The Kier molecular flexibility index (Phi) is 5.82. The molecule has 0 atom stereocenters. The van der Waals surface area contributed by atoms with Crippen LogP contribution < -0.4 is 0 Å². The molecule has 2 aliphatic rings. The highest BCUT2D eigenvalue weighted by Gasteiger charge is 2.26. The van der Waals surface area contributed by atoms with Crippen LogP contribution in [-0.2, 0) is 22.3 Å². The predicted octanol–water partition coefficient (Wildman–Crippen LogP) is 3.57. The summed E-state index contributed by atoms with van der Waals surface area (Å²) < 4.78 is 30.8. The quantitative estimate of drug-likeness (QED) is 0.734. The van der Waals surface area contributed by atoms with Crippen molar-refractivity contribution in [1.82, 2.24) is 13.9 Å². The Balaban J connectivity index is 1.63. The van der Waals surface area contributed by atoms with Crippen molar-refractivity contribution in [1.29, 1.82) is 0 Å². The first kappa shape index (κ1) is 19.3. The third kappa shape index (κ3) is 3.92. The second-order valence-electron chi connectivity index (χ2n) is 6.67. The Morgan fingerprint density at radius 3 is 2.74 bits per heavy atom. The molecule has 2 aliphatic heterocycles. The number of benzene rings is 1. The van der Waals surface area contributed by atoms with Crippen LogP contribution in [-0.4, -0.2) is 52.0 Å². The van der Waals surface area contributed by atoms with Crippen LogP contribution in [0.1, 0.15) is 32.0 Å². The lowest BCUT2D eigenvalue weighted by molar-refractivity contribution is 0.346. The molecule has 0 radical (unpaired) electrons. The lowest BCUT2D eigenvalue weighted by Gasteiger charge is -2.25. The van der Waals surface area contributed by atoms with Crippen LogP contribution in [0.15, 0.2) is 28.1 Å². The van der Waals surface area contributed by atoms with Gasteiger partial charge in [-0.15, -0.1) is 0 Å². The van der Waals surface area contributed by atoms with E-state index in [0.29, 0.717) is 18.0 Å². The van der Waals surface area contributed by atoms with E-state index in [9.17, 15) is 8.42 Å². The number of hydrogen-bond donors (Lipinski definition) is 0. The summed E-state index contributed by atoms with van der Waals surface area (Å²) in [5.41, 5.74) is 1.75. The van der Waals surface area contributed by atoms with Crippen LogP contribution in [0, 0.1) is 0 Å². The minimum absolute atomic E-state index is 0.354.